The summed E-state index contributed by atoms with van der Waals surface area (Å²) in [6.45, 7) is 6.30. The van der Waals surface area contributed by atoms with E-state index in [4.69, 9.17) is 4.74 Å². The third kappa shape index (κ3) is 8.57. The van der Waals surface area contributed by atoms with E-state index in [1.54, 1.807) is 14.1 Å². The lowest BCUT2D eigenvalue weighted by molar-refractivity contribution is 0.171. The van der Waals surface area contributed by atoms with E-state index in [0.717, 1.165) is 12.7 Å². The third-order valence-electron chi connectivity index (χ3n) is 3.14. The van der Waals surface area contributed by atoms with Crippen molar-refractivity contribution in [2.75, 3.05) is 33.7 Å². The van der Waals surface area contributed by atoms with Gasteiger partial charge in [0.15, 0.2) is 4.90 Å². The minimum Gasteiger partial charge on any atom is -0.726 e. The summed E-state index contributed by atoms with van der Waals surface area (Å²) in [4.78, 5) is 14.5. The van der Waals surface area contributed by atoms with Gasteiger partial charge in [0.25, 0.3) is 0 Å². The Bertz CT molecular complexity index is 684. The van der Waals surface area contributed by atoms with Gasteiger partial charge < -0.3 is 14.2 Å². The maximum atomic E-state index is 11.7. The molecule has 0 saturated carbocycles. The molecule has 1 amide bonds. The second-order valence-corrected chi connectivity index (χ2v) is 9.19. The number of rotatable bonds is 4. The molecule has 0 fully saturated rings. The largest absolute Gasteiger partial charge is 0.726 e. The third-order valence-corrected chi connectivity index (χ3v) is 4.86. The Morgan fingerprint density at radius 3 is 2.04 bits per heavy atom. The Morgan fingerprint density at radius 2 is 1.72 bits per heavy atom. The zero-order valence-corrected chi connectivity index (χ0v) is 17.6. The summed E-state index contributed by atoms with van der Waals surface area (Å²) in [7, 11) is -0.0250. The van der Waals surface area contributed by atoms with Crippen LogP contribution in [0.3, 0.4) is 0 Å². The van der Waals surface area contributed by atoms with Gasteiger partial charge in [0.1, 0.15) is 18.3 Å². The Morgan fingerprint density at radius 1 is 1.24 bits per heavy atom. The minimum absolute atomic E-state index is 0.202. The number of aryl methyl sites for hydroxylation is 1. The van der Waals surface area contributed by atoms with Gasteiger partial charge in [-0.05, 0) is 18.9 Å². The summed E-state index contributed by atoms with van der Waals surface area (Å²) in [6.07, 6.45) is 4.08. The van der Waals surface area contributed by atoms with E-state index in [1.165, 1.54) is 15.4 Å². The molecule has 0 unspecified atom stereocenters. The minimum atomic E-state index is -4.41. The summed E-state index contributed by atoms with van der Waals surface area (Å²) in [6, 6.07) is 4.17. The molecule has 0 aliphatic heterocycles. The number of carbonyl (C=O) groups excluding carboxylic acids is 1. The Balaban J connectivity index is 0.000000823. The van der Waals surface area contributed by atoms with Gasteiger partial charge in [-0.15, -0.1) is 0 Å². The van der Waals surface area contributed by atoms with Crippen LogP contribution in [0.5, 0.6) is 5.75 Å². The highest BCUT2D eigenvalue weighted by Gasteiger charge is 2.20. The van der Waals surface area contributed by atoms with Crippen molar-refractivity contribution in [2.24, 2.45) is 0 Å². The second kappa shape index (κ2) is 10.0. The molecule has 0 heterocycles. The molecule has 0 aromatic heterocycles. The van der Waals surface area contributed by atoms with Gasteiger partial charge in [-0.25, -0.2) is 13.2 Å². The van der Waals surface area contributed by atoms with Crippen molar-refractivity contribution in [3.8, 4) is 5.75 Å². The van der Waals surface area contributed by atoms with Gasteiger partial charge >= 0.3 is 6.09 Å². The van der Waals surface area contributed by atoms with Crippen molar-refractivity contribution in [3.05, 3.63) is 23.3 Å². The molecule has 1 aromatic carbocycles. The molecular formula is C16H27NO6S2. The predicted molar refractivity (Wildman–Crippen MR) is 99.2 cm³/mol. The zero-order chi connectivity index (χ0) is 19.9. The lowest BCUT2D eigenvalue weighted by atomic mass is 10.0. The number of hydrogen-bond donors (Lipinski definition) is 0. The topological polar surface area (TPSA) is 96.0 Å². The average Bonchev–Trinajstić information content (AvgIpc) is 2.46. The van der Waals surface area contributed by atoms with E-state index >= 15 is 0 Å². The van der Waals surface area contributed by atoms with Crippen molar-refractivity contribution in [1.82, 2.24) is 4.90 Å². The van der Waals surface area contributed by atoms with E-state index in [9.17, 15) is 17.8 Å². The molecule has 9 heteroatoms. The summed E-state index contributed by atoms with van der Waals surface area (Å²) in [5, 5.41) is 0. The van der Waals surface area contributed by atoms with Gasteiger partial charge in [0.05, 0.1) is 7.11 Å². The molecule has 0 spiro atoms. The fourth-order valence-electron chi connectivity index (χ4n) is 1.84. The number of carbonyl (C=O) groups is 1. The van der Waals surface area contributed by atoms with Crippen molar-refractivity contribution in [3.63, 3.8) is 0 Å². The number of benzene rings is 1. The fourth-order valence-corrected chi connectivity index (χ4v) is 2.91. The lowest BCUT2D eigenvalue weighted by Gasteiger charge is -2.17. The number of hydrogen-bond acceptors (Lipinski definition) is 6. The van der Waals surface area contributed by atoms with E-state index in [2.05, 4.69) is 43.5 Å². The smallest absolute Gasteiger partial charge is 0.414 e. The van der Waals surface area contributed by atoms with E-state index < -0.39 is 10.4 Å². The predicted octanol–water partition coefficient (Wildman–Crippen LogP) is 2.51. The molecule has 1 rings (SSSR count). The highest BCUT2D eigenvalue weighted by molar-refractivity contribution is 7.95. The van der Waals surface area contributed by atoms with Crippen molar-refractivity contribution in [2.45, 2.75) is 31.6 Å². The van der Waals surface area contributed by atoms with Crippen LogP contribution >= 0.6 is 0 Å². The first-order valence-electron chi connectivity index (χ1n) is 7.42. The van der Waals surface area contributed by atoms with Crippen LogP contribution in [-0.4, -0.2) is 57.7 Å². The van der Waals surface area contributed by atoms with E-state index in [0.29, 0.717) is 11.7 Å². The van der Waals surface area contributed by atoms with Gasteiger partial charge in [-0.2, -0.15) is 0 Å². The molecule has 0 N–H and O–H groups in total. The number of ether oxygens (including phenoxy) is 1. The highest BCUT2D eigenvalue weighted by atomic mass is 32.3. The molecule has 1 aromatic rings. The standard InChI is InChI=1S/C15H24NO2S.CH4O4S/c1-10(2)12-9-14(19(6)7)11(3)8-13(12)18-15(17)16(4)5;1-5-6(2,3)4/h8-10H,1-7H3;1H3,(H,2,3,4)/q+1;/p-1. The average molecular weight is 394 g/mol. The van der Waals surface area contributed by atoms with Crippen LogP contribution in [0.4, 0.5) is 4.79 Å². The van der Waals surface area contributed by atoms with Crippen LogP contribution in [0.15, 0.2) is 17.0 Å². The van der Waals surface area contributed by atoms with Crippen LogP contribution in [-0.2, 0) is 25.5 Å². The van der Waals surface area contributed by atoms with Gasteiger partial charge in [-0.3, -0.25) is 4.18 Å². The molecule has 0 bridgehead atoms. The summed E-state index contributed by atoms with van der Waals surface area (Å²) in [5.74, 6) is 1.01. The SMILES string of the molecule is COS(=O)(=O)[O-].Cc1cc(OC(=O)N(C)C)c(C(C)C)cc1[S+](C)C. The lowest BCUT2D eigenvalue weighted by Crippen LogP contribution is -2.26. The first kappa shape index (κ1) is 23.7. The van der Waals surface area contributed by atoms with Gasteiger partial charge in [-0.1, -0.05) is 13.8 Å². The Hall–Kier alpha value is -1.29. The molecule has 0 aliphatic rings. The molecule has 0 aliphatic carbocycles. The van der Waals surface area contributed by atoms with Crippen molar-refractivity contribution < 1.29 is 26.7 Å². The Kier molecular flexibility index (Phi) is 9.49. The quantitative estimate of drug-likeness (QED) is 0.443. The second-order valence-electron chi connectivity index (χ2n) is 5.96. The van der Waals surface area contributed by atoms with Crippen molar-refractivity contribution in [1.29, 1.82) is 0 Å². The Labute approximate surface area is 153 Å². The van der Waals surface area contributed by atoms with E-state index in [1.807, 2.05) is 6.07 Å². The van der Waals surface area contributed by atoms with Crippen LogP contribution < -0.4 is 4.74 Å². The fraction of sp³-hybridized carbons (Fsp3) is 0.562. The molecule has 0 saturated heterocycles. The molecular weight excluding hydrogens is 366 g/mol. The van der Waals surface area contributed by atoms with Crippen LogP contribution in [0.1, 0.15) is 30.9 Å². The van der Waals surface area contributed by atoms with Crippen LogP contribution in [0.25, 0.3) is 0 Å². The molecule has 7 nitrogen and oxygen atoms in total. The number of amides is 1. The summed E-state index contributed by atoms with van der Waals surface area (Å²) >= 11 is 0. The van der Waals surface area contributed by atoms with Gasteiger partial charge in [0.2, 0.25) is 10.4 Å². The highest BCUT2D eigenvalue weighted by Crippen LogP contribution is 2.32. The monoisotopic (exact) mass is 393 g/mol. The maximum Gasteiger partial charge on any atom is 0.414 e. The molecule has 0 atom stereocenters. The maximum absolute atomic E-state index is 11.7. The molecule has 0 radical (unpaired) electrons. The van der Waals surface area contributed by atoms with Gasteiger partial charge in [0, 0.05) is 42.2 Å². The van der Waals surface area contributed by atoms with Crippen molar-refractivity contribution >= 4 is 27.4 Å². The molecule has 144 valence electrons. The number of nitrogens with zero attached hydrogens (tertiary/aromatic N) is 1. The molecule has 25 heavy (non-hydrogen) atoms. The summed E-state index contributed by atoms with van der Waals surface area (Å²) in [5.41, 5.74) is 2.27. The first-order chi connectivity index (χ1) is 11.3. The van der Waals surface area contributed by atoms with Crippen LogP contribution in [0, 0.1) is 6.92 Å². The normalized spacial score (nSPS) is 11.2. The first-order valence-corrected chi connectivity index (χ1v) is 10.8. The zero-order valence-electron chi connectivity index (χ0n) is 15.9. The summed E-state index contributed by atoms with van der Waals surface area (Å²) < 4.78 is 36.5. The van der Waals surface area contributed by atoms with Crippen LogP contribution in [0.2, 0.25) is 0 Å². The van der Waals surface area contributed by atoms with E-state index in [-0.39, 0.29) is 17.0 Å².